The number of nitrogens with zero attached hydrogens (tertiary/aromatic N) is 5. The van der Waals surface area contributed by atoms with Crippen molar-refractivity contribution in [1.82, 2.24) is 19.6 Å². The third-order valence-corrected chi connectivity index (χ3v) is 4.73. The van der Waals surface area contributed by atoms with Crippen LogP contribution in [-0.4, -0.2) is 32.7 Å². The summed E-state index contributed by atoms with van der Waals surface area (Å²) in [4.78, 5) is 7.10. The highest BCUT2D eigenvalue weighted by molar-refractivity contribution is 5.92. The zero-order valence-electron chi connectivity index (χ0n) is 15.3. The van der Waals surface area contributed by atoms with E-state index in [0.29, 0.717) is 5.95 Å². The summed E-state index contributed by atoms with van der Waals surface area (Å²) in [7, 11) is 0. The number of aryl methyl sites for hydroxylation is 1. The van der Waals surface area contributed by atoms with E-state index in [1.54, 1.807) is 6.33 Å². The van der Waals surface area contributed by atoms with Gasteiger partial charge in [-0.25, -0.2) is 4.98 Å². The third kappa shape index (κ3) is 2.73. The summed E-state index contributed by atoms with van der Waals surface area (Å²) in [6, 6.07) is 14.4. The molecular formula is C20H22N6. The van der Waals surface area contributed by atoms with Gasteiger partial charge in [0, 0.05) is 29.9 Å². The van der Waals surface area contributed by atoms with Crippen LogP contribution in [0.5, 0.6) is 0 Å². The van der Waals surface area contributed by atoms with Gasteiger partial charge in [0.05, 0.1) is 5.52 Å². The van der Waals surface area contributed by atoms with Crippen molar-refractivity contribution >= 4 is 33.9 Å². The van der Waals surface area contributed by atoms with Crippen molar-refractivity contribution in [2.75, 3.05) is 23.3 Å². The molecule has 0 radical (unpaired) electrons. The molecule has 0 atom stereocenters. The van der Waals surface area contributed by atoms with E-state index in [9.17, 15) is 0 Å². The molecule has 1 N–H and O–H groups in total. The minimum absolute atomic E-state index is 0.711. The number of para-hydroxylation sites is 1. The monoisotopic (exact) mass is 346 g/mol. The normalized spacial score (nSPS) is 11.2. The summed E-state index contributed by atoms with van der Waals surface area (Å²) in [5, 5.41) is 12.8. The van der Waals surface area contributed by atoms with Crippen LogP contribution in [0.4, 0.5) is 17.3 Å². The largest absolute Gasteiger partial charge is 0.372 e. The Kier molecular flexibility index (Phi) is 4.16. The van der Waals surface area contributed by atoms with Gasteiger partial charge in [-0.3, -0.25) is 4.40 Å². The van der Waals surface area contributed by atoms with Crippen LogP contribution >= 0.6 is 0 Å². The van der Waals surface area contributed by atoms with E-state index in [0.717, 1.165) is 35.3 Å². The number of nitrogens with one attached hydrogen (secondary N) is 1. The van der Waals surface area contributed by atoms with E-state index in [4.69, 9.17) is 4.98 Å². The molecule has 4 aromatic rings. The number of fused-ring (bicyclic) bond motifs is 3. The molecule has 2 aromatic carbocycles. The highest BCUT2D eigenvalue weighted by Gasteiger charge is 2.11. The molecule has 0 saturated heterocycles. The maximum absolute atomic E-state index is 4.76. The van der Waals surface area contributed by atoms with Crippen LogP contribution < -0.4 is 10.2 Å². The first kappa shape index (κ1) is 16.3. The van der Waals surface area contributed by atoms with Gasteiger partial charge in [-0.05, 0) is 56.7 Å². The molecule has 0 aliphatic carbocycles. The molecule has 2 heterocycles. The lowest BCUT2D eigenvalue weighted by Crippen LogP contribution is -2.21. The number of rotatable bonds is 5. The molecule has 6 nitrogen and oxygen atoms in total. The van der Waals surface area contributed by atoms with Gasteiger partial charge in [-0.2, -0.15) is 0 Å². The Hall–Kier alpha value is -3.15. The smallest absolute Gasteiger partial charge is 0.215 e. The summed E-state index contributed by atoms with van der Waals surface area (Å²) in [6.07, 6.45) is 1.69. The Morgan fingerprint density at radius 3 is 2.65 bits per heavy atom. The lowest BCUT2D eigenvalue weighted by molar-refractivity contribution is 0.866. The first-order valence-corrected chi connectivity index (χ1v) is 8.92. The lowest BCUT2D eigenvalue weighted by atomic mass is 10.1. The van der Waals surface area contributed by atoms with Crippen LogP contribution in [-0.2, 0) is 0 Å². The van der Waals surface area contributed by atoms with E-state index >= 15 is 0 Å². The number of anilines is 3. The minimum atomic E-state index is 0.711. The third-order valence-electron chi connectivity index (χ3n) is 4.73. The molecule has 4 rings (SSSR count). The Morgan fingerprint density at radius 2 is 1.88 bits per heavy atom. The van der Waals surface area contributed by atoms with Gasteiger partial charge in [-0.15, -0.1) is 10.2 Å². The van der Waals surface area contributed by atoms with Gasteiger partial charge in [-0.1, -0.05) is 12.1 Å². The summed E-state index contributed by atoms with van der Waals surface area (Å²) in [6.45, 7) is 8.45. The quantitative estimate of drug-likeness (QED) is 0.587. The van der Waals surface area contributed by atoms with Crippen molar-refractivity contribution in [1.29, 1.82) is 0 Å². The molecule has 26 heavy (non-hydrogen) atoms. The number of benzene rings is 2. The number of hydrogen-bond donors (Lipinski definition) is 1. The van der Waals surface area contributed by atoms with Crippen LogP contribution in [0.15, 0.2) is 48.8 Å². The van der Waals surface area contributed by atoms with Crippen molar-refractivity contribution in [3.63, 3.8) is 0 Å². The van der Waals surface area contributed by atoms with Crippen molar-refractivity contribution in [3.8, 4) is 0 Å². The van der Waals surface area contributed by atoms with Crippen molar-refractivity contribution in [2.45, 2.75) is 20.8 Å². The lowest BCUT2D eigenvalue weighted by Gasteiger charge is -2.22. The van der Waals surface area contributed by atoms with Gasteiger partial charge >= 0.3 is 0 Å². The van der Waals surface area contributed by atoms with Gasteiger partial charge in [0.2, 0.25) is 5.95 Å². The fraction of sp³-hybridized carbons (Fsp3) is 0.250. The highest BCUT2D eigenvalue weighted by Crippen LogP contribution is 2.27. The molecule has 0 aliphatic heterocycles. The first-order valence-electron chi connectivity index (χ1n) is 8.92. The van der Waals surface area contributed by atoms with E-state index in [2.05, 4.69) is 59.4 Å². The molecule has 132 valence electrons. The van der Waals surface area contributed by atoms with Crippen LogP contribution in [0.2, 0.25) is 0 Å². The Labute approximate surface area is 152 Å². The van der Waals surface area contributed by atoms with E-state index in [-0.39, 0.29) is 0 Å². The highest BCUT2D eigenvalue weighted by atomic mass is 15.3. The fourth-order valence-corrected chi connectivity index (χ4v) is 3.28. The zero-order chi connectivity index (χ0) is 18.1. The molecule has 0 unspecified atom stereocenters. The molecule has 0 saturated carbocycles. The van der Waals surface area contributed by atoms with E-state index < -0.39 is 0 Å². The zero-order valence-corrected chi connectivity index (χ0v) is 15.3. The Bertz CT molecular complexity index is 1060. The summed E-state index contributed by atoms with van der Waals surface area (Å²) in [5.41, 5.74) is 5.13. The Morgan fingerprint density at radius 1 is 1.08 bits per heavy atom. The van der Waals surface area contributed by atoms with Gasteiger partial charge in [0.15, 0.2) is 5.65 Å². The SMILES string of the molecule is CCN(CC)c1ccc(Nc2nc3ccccc3c3nncn23)c(C)c1. The van der Waals surface area contributed by atoms with Gasteiger partial charge in [0.25, 0.3) is 0 Å². The standard InChI is InChI=1S/C20H22N6/c1-4-25(5-2)15-10-11-17(14(3)12-15)22-20-23-18-9-7-6-8-16(18)19-24-21-13-26(19)20/h6-13H,4-5H2,1-3H3,(H,22,23). The minimum Gasteiger partial charge on any atom is -0.372 e. The molecule has 2 aromatic heterocycles. The topological polar surface area (TPSA) is 58.3 Å². The van der Waals surface area contributed by atoms with E-state index in [1.807, 2.05) is 28.7 Å². The molecule has 0 bridgehead atoms. The summed E-state index contributed by atoms with van der Waals surface area (Å²) in [5.74, 6) is 0.711. The number of aromatic nitrogens is 4. The maximum Gasteiger partial charge on any atom is 0.215 e. The van der Waals surface area contributed by atoms with Gasteiger partial charge < -0.3 is 10.2 Å². The van der Waals surface area contributed by atoms with Crippen molar-refractivity contribution in [2.24, 2.45) is 0 Å². The average molecular weight is 346 g/mol. The van der Waals surface area contributed by atoms with Crippen molar-refractivity contribution in [3.05, 3.63) is 54.4 Å². The van der Waals surface area contributed by atoms with Crippen LogP contribution in [0, 0.1) is 6.92 Å². The summed E-state index contributed by atoms with van der Waals surface area (Å²) >= 11 is 0. The number of hydrogen-bond acceptors (Lipinski definition) is 5. The second-order valence-electron chi connectivity index (χ2n) is 6.27. The maximum atomic E-state index is 4.76. The molecule has 0 fully saturated rings. The Balaban J connectivity index is 1.76. The molecule has 0 aliphatic rings. The predicted octanol–water partition coefficient (Wildman–Crippen LogP) is 4.18. The van der Waals surface area contributed by atoms with Crippen LogP contribution in [0.25, 0.3) is 16.6 Å². The fourth-order valence-electron chi connectivity index (χ4n) is 3.28. The second-order valence-corrected chi connectivity index (χ2v) is 6.27. The average Bonchev–Trinajstić information content (AvgIpc) is 3.15. The predicted molar refractivity (Wildman–Crippen MR) is 106 cm³/mol. The summed E-state index contributed by atoms with van der Waals surface area (Å²) < 4.78 is 1.89. The first-order chi connectivity index (χ1) is 12.7. The van der Waals surface area contributed by atoms with Crippen LogP contribution in [0.1, 0.15) is 19.4 Å². The molecule has 6 heteroatoms. The van der Waals surface area contributed by atoms with E-state index in [1.165, 1.54) is 11.3 Å². The second kappa shape index (κ2) is 6.63. The molecule has 0 spiro atoms. The van der Waals surface area contributed by atoms with Crippen LogP contribution in [0.3, 0.4) is 0 Å². The molecular weight excluding hydrogens is 324 g/mol. The molecule has 0 amide bonds. The van der Waals surface area contributed by atoms with Gasteiger partial charge in [0.1, 0.15) is 6.33 Å². The van der Waals surface area contributed by atoms with Crippen molar-refractivity contribution < 1.29 is 0 Å².